The van der Waals surface area contributed by atoms with Crippen molar-refractivity contribution in [3.05, 3.63) is 18.0 Å². The van der Waals surface area contributed by atoms with Crippen LogP contribution in [0.4, 0.5) is 0 Å². The van der Waals surface area contributed by atoms with Crippen molar-refractivity contribution in [1.29, 1.82) is 0 Å². The number of nitrogens with zero attached hydrogens (tertiary/aromatic N) is 2. The number of H-pyrrole nitrogens is 1. The lowest BCUT2D eigenvalue weighted by Gasteiger charge is -2.32. The van der Waals surface area contributed by atoms with Gasteiger partial charge < -0.3 is 10.1 Å². The van der Waals surface area contributed by atoms with Gasteiger partial charge in [-0.2, -0.15) is 5.10 Å². The van der Waals surface area contributed by atoms with Gasteiger partial charge in [0.25, 0.3) is 0 Å². The average Bonchev–Trinajstić information content (AvgIpc) is 3.02. The van der Waals surface area contributed by atoms with E-state index in [0.29, 0.717) is 18.5 Å². The van der Waals surface area contributed by atoms with Crippen LogP contribution in [0.2, 0.25) is 0 Å². The standard InChI is InChI=1S/C15H24N4O2/c20-15(17-13-4-8-21-9-5-13)11-19-7-1-2-12(10-19)14-3-6-16-18-14/h3,6,12-13H,1-2,4-5,7-11H2,(H,16,18)(H,17,20)/t12-/m0/s1. The number of hydrogen-bond acceptors (Lipinski definition) is 4. The van der Waals surface area contributed by atoms with Gasteiger partial charge in [0, 0.05) is 43.6 Å². The molecule has 2 N–H and O–H groups in total. The highest BCUT2D eigenvalue weighted by Gasteiger charge is 2.24. The van der Waals surface area contributed by atoms with E-state index in [1.807, 2.05) is 6.07 Å². The summed E-state index contributed by atoms with van der Waals surface area (Å²) >= 11 is 0. The van der Waals surface area contributed by atoms with Crippen molar-refractivity contribution in [3.63, 3.8) is 0 Å². The Kier molecular flexibility index (Phi) is 4.87. The van der Waals surface area contributed by atoms with Crippen LogP contribution >= 0.6 is 0 Å². The van der Waals surface area contributed by atoms with Crippen molar-refractivity contribution in [2.45, 2.75) is 37.6 Å². The van der Waals surface area contributed by atoms with E-state index in [2.05, 4.69) is 20.4 Å². The number of rotatable bonds is 4. The fraction of sp³-hybridized carbons (Fsp3) is 0.733. The molecule has 0 unspecified atom stereocenters. The number of aromatic nitrogens is 2. The Hall–Kier alpha value is -1.40. The van der Waals surface area contributed by atoms with Gasteiger partial charge in [-0.1, -0.05) is 0 Å². The maximum Gasteiger partial charge on any atom is 0.234 e. The zero-order valence-electron chi connectivity index (χ0n) is 12.4. The Labute approximate surface area is 125 Å². The predicted octanol–water partition coefficient (Wildman–Crippen LogP) is 0.884. The fourth-order valence-corrected chi connectivity index (χ4v) is 3.27. The summed E-state index contributed by atoms with van der Waals surface area (Å²) in [6.07, 6.45) is 5.96. The monoisotopic (exact) mass is 292 g/mol. The Morgan fingerprint density at radius 3 is 3.05 bits per heavy atom. The highest BCUT2D eigenvalue weighted by atomic mass is 16.5. The molecule has 1 aromatic heterocycles. The first kappa shape index (κ1) is 14.5. The zero-order chi connectivity index (χ0) is 14.5. The Balaban J connectivity index is 1.46. The molecular formula is C15H24N4O2. The topological polar surface area (TPSA) is 70.2 Å². The molecule has 2 aliphatic rings. The minimum absolute atomic E-state index is 0.146. The molecule has 1 atom stereocenters. The molecule has 0 saturated carbocycles. The number of carbonyl (C=O) groups excluding carboxylic acids is 1. The summed E-state index contributed by atoms with van der Waals surface area (Å²) < 4.78 is 5.32. The van der Waals surface area contributed by atoms with E-state index in [1.54, 1.807) is 6.20 Å². The van der Waals surface area contributed by atoms with Crippen LogP contribution in [0, 0.1) is 0 Å². The van der Waals surface area contributed by atoms with Gasteiger partial charge in [-0.05, 0) is 38.3 Å². The number of piperidine rings is 1. The van der Waals surface area contributed by atoms with Crippen molar-refractivity contribution in [3.8, 4) is 0 Å². The van der Waals surface area contributed by atoms with Crippen LogP contribution in [0.3, 0.4) is 0 Å². The molecule has 3 rings (SSSR count). The summed E-state index contributed by atoms with van der Waals surface area (Å²) in [5.74, 6) is 0.615. The van der Waals surface area contributed by atoms with E-state index in [-0.39, 0.29) is 5.91 Å². The smallest absolute Gasteiger partial charge is 0.234 e. The second kappa shape index (κ2) is 7.04. The van der Waals surface area contributed by atoms with Crippen LogP contribution in [0.25, 0.3) is 0 Å². The van der Waals surface area contributed by atoms with E-state index in [0.717, 1.165) is 45.6 Å². The highest BCUT2D eigenvalue weighted by Crippen LogP contribution is 2.24. The molecule has 1 aromatic rings. The van der Waals surface area contributed by atoms with E-state index < -0.39 is 0 Å². The van der Waals surface area contributed by atoms with Crippen LogP contribution < -0.4 is 5.32 Å². The lowest BCUT2D eigenvalue weighted by Crippen LogP contribution is -2.46. The van der Waals surface area contributed by atoms with Gasteiger partial charge in [0.2, 0.25) is 5.91 Å². The summed E-state index contributed by atoms with van der Waals surface area (Å²) in [6, 6.07) is 2.33. The molecule has 3 heterocycles. The first-order valence-electron chi connectivity index (χ1n) is 7.90. The molecule has 21 heavy (non-hydrogen) atoms. The molecule has 1 amide bonds. The molecule has 2 fully saturated rings. The molecule has 2 saturated heterocycles. The van der Waals surface area contributed by atoms with E-state index >= 15 is 0 Å². The Bertz CT molecular complexity index is 443. The van der Waals surface area contributed by atoms with Gasteiger partial charge in [0.05, 0.1) is 6.54 Å². The summed E-state index contributed by atoms with van der Waals surface area (Å²) in [4.78, 5) is 14.4. The maximum absolute atomic E-state index is 12.2. The third kappa shape index (κ3) is 4.04. The molecular weight excluding hydrogens is 268 g/mol. The highest BCUT2D eigenvalue weighted by molar-refractivity contribution is 5.78. The van der Waals surface area contributed by atoms with Gasteiger partial charge in [0.1, 0.15) is 0 Å². The van der Waals surface area contributed by atoms with Gasteiger partial charge in [-0.3, -0.25) is 14.8 Å². The quantitative estimate of drug-likeness (QED) is 0.864. The molecule has 0 aliphatic carbocycles. The molecule has 6 nitrogen and oxygen atoms in total. The third-order valence-electron chi connectivity index (χ3n) is 4.42. The second-order valence-electron chi connectivity index (χ2n) is 6.04. The average molecular weight is 292 g/mol. The zero-order valence-corrected chi connectivity index (χ0v) is 12.4. The van der Waals surface area contributed by atoms with Crippen LogP contribution in [0.15, 0.2) is 12.3 Å². The number of nitrogens with one attached hydrogen (secondary N) is 2. The van der Waals surface area contributed by atoms with Crippen LogP contribution in [-0.2, 0) is 9.53 Å². The molecule has 0 spiro atoms. The molecule has 0 bridgehead atoms. The minimum atomic E-state index is 0.146. The molecule has 0 aromatic carbocycles. The number of likely N-dealkylation sites (tertiary alicyclic amines) is 1. The SMILES string of the molecule is O=C(CN1CCC[C@H](c2ccn[nH]2)C1)NC1CCOCC1. The normalized spacial score (nSPS) is 24.9. The number of amides is 1. The number of aromatic amines is 1. The van der Waals surface area contributed by atoms with Crippen molar-refractivity contribution in [2.75, 3.05) is 32.8 Å². The molecule has 6 heteroatoms. The largest absolute Gasteiger partial charge is 0.381 e. The minimum Gasteiger partial charge on any atom is -0.381 e. The Morgan fingerprint density at radius 1 is 1.43 bits per heavy atom. The van der Waals surface area contributed by atoms with E-state index in [9.17, 15) is 4.79 Å². The summed E-state index contributed by atoms with van der Waals surface area (Å²) in [5, 5.41) is 10.2. The number of hydrogen-bond donors (Lipinski definition) is 2. The van der Waals surface area contributed by atoms with Crippen LogP contribution in [-0.4, -0.2) is 59.9 Å². The first-order chi connectivity index (χ1) is 10.3. The van der Waals surface area contributed by atoms with Gasteiger partial charge in [-0.25, -0.2) is 0 Å². The number of carbonyl (C=O) groups is 1. The number of ether oxygens (including phenoxy) is 1. The predicted molar refractivity (Wildman–Crippen MR) is 79.0 cm³/mol. The summed E-state index contributed by atoms with van der Waals surface area (Å²) in [7, 11) is 0. The van der Waals surface area contributed by atoms with Crippen LogP contribution in [0.1, 0.15) is 37.3 Å². The van der Waals surface area contributed by atoms with E-state index in [1.165, 1.54) is 12.1 Å². The van der Waals surface area contributed by atoms with Gasteiger partial charge in [0.15, 0.2) is 0 Å². The third-order valence-corrected chi connectivity index (χ3v) is 4.42. The maximum atomic E-state index is 12.2. The van der Waals surface area contributed by atoms with Crippen molar-refractivity contribution in [2.24, 2.45) is 0 Å². The molecule has 2 aliphatic heterocycles. The fourth-order valence-electron chi connectivity index (χ4n) is 3.27. The summed E-state index contributed by atoms with van der Waals surface area (Å²) in [5.41, 5.74) is 1.18. The second-order valence-corrected chi connectivity index (χ2v) is 6.04. The van der Waals surface area contributed by atoms with Crippen LogP contribution in [0.5, 0.6) is 0 Å². The molecule has 116 valence electrons. The Morgan fingerprint density at radius 2 is 2.29 bits per heavy atom. The lowest BCUT2D eigenvalue weighted by atomic mass is 9.95. The van der Waals surface area contributed by atoms with Crippen molar-refractivity contribution < 1.29 is 9.53 Å². The van der Waals surface area contributed by atoms with Crippen molar-refractivity contribution in [1.82, 2.24) is 20.4 Å². The van der Waals surface area contributed by atoms with Crippen molar-refractivity contribution >= 4 is 5.91 Å². The lowest BCUT2D eigenvalue weighted by molar-refractivity contribution is -0.123. The summed E-state index contributed by atoms with van der Waals surface area (Å²) in [6.45, 7) is 3.96. The van der Waals surface area contributed by atoms with Gasteiger partial charge in [-0.15, -0.1) is 0 Å². The molecule has 0 radical (unpaired) electrons. The first-order valence-corrected chi connectivity index (χ1v) is 7.90. The van der Waals surface area contributed by atoms with E-state index in [4.69, 9.17) is 4.74 Å². The van der Waals surface area contributed by atoms with Gasteiger partial charge >= 0.3 is 0 Å².